The Bertz CT molecular complexity index is 1270. The number of rotatable bonds is 12. The van der Waals surface area contributed by atoms with Crippen LogP contribution >= 0.6 is 19.2 Å². The lowest BCUT2D eigenvalue weighted by molar-refractivity contribution is -0.113. The van der Waals surface area contributed by atoms with E-state index in [2.05, 4.69) is 41.0 Å². The fourth-order valence-electron chi connectivity index (χ4n) is 3.97. The smallest absolute Gasteiger partial charge is 0.359 e. The van der Waals surface area contributed by atoms with Crippen molar-refractivity contribution >= 4 is 36.0 Å². The number of halogens is 1. The van der Waals surface area contributed by atoms with Crippen LogP contribution in [-0.4, -0.2) is 111 Å². The van der Waals surface area contributed by atoms with Crippen molar-refractivity contribution in [2.45, 2.75) is 50.2 Å². The summed E-state index contributed by atoms with van der Waals surface area (Å²) in [5, 5.41) is 40.2. The summed E-state index contributed by atoms with van der Waals surface area (Å²) in [5.74, 6) is 0.737. The molecule has 38 heavy (non-hydrogen) atoms. The predicted octanol–water partition coefficient (Wildman–Crippen LogP) is -0.540. The first kappa shape index (κ1) is 28.7. The minimum absolute atomic E-state index is 0.0300. The van der Waals surface area contributed by atoms with Crippen molar-refractivity contribution in [2.75, 3.05) is 32.2 Å². The zero-order valence-electron chi connectivity index (χ0n) is 20.7. The molecule has 0 unspecified atom stereocenters. The predicted molar refractivity (Wildman–Crippen MR) is 130 cm³/mol. The summed E-state index contributed by atoms with van der Waals surface area (Å²) in [7, 11) is -3.76. The number of methoxy groups -OCH3 is 1. The van der Waals surface area contributed by atoms with Crippen molar-refractivity contribution in [1.82, 2.24) is 40.4 Å². The number of ether oxygens (including phenoxy) is 3. The van der Waals surface area contributed by atoms with Crippen LogP contribution in [-0.2, 0) is 25.2 Å². The topological polar surface area (TPSA) is 236 Å². The average molecular weight is 578 g/mol. The molecule has 19 heteroatoms. The fourth-order valence-corrected chi connectivity index (χ4v) is 5.02. The minimum Gasteiger partial charge on any atom is -0.387 e. The van der Waals surface area contributed by atoms with Crippen LogP contribution in [0.25, 0.3) is 11.0 Å². The molecule has 0 spiro atoms. The van der Waals surface area contributed by atoms with E-state index >= 15 is 0 Å². The van der Waals surface area contributed by atoms with Gasteiger partial charge in [0.1, 0.15) is 24.1 Å². The molecule has 17 nitrogen and oxygen atoms in total. The first-order valence-electron chi connectivity index (χ1n) is 11.5. The monoisotopic (exact) mass is 577 g/mol. The van der Waals surface area contributed by atoms with Gasteiger partial charge in [0, 0.05) is 13.7 Å². The molecule has 0 bridgehead atoms. The molecule has 3 aromatic heterocycles. The zero-order chi connectivity index (χ0) is 27.7. The highest BCUT2D eigenvalue weighted by Gasteiger charge is 2.52. The Balaban J connectivity index is 1.57. The van der Waals surface area contributed by atoms with Gasteiger partial charge < -0.3 is 39.5 Å². The average Bonchev–Trinajstić information content (AvgIpc) is 3.56. The summed E-state index contributed by atoms with van der Waals surface area (Å²) in [6.07, 6.45) is -4.40. The minimum atomic E-state index is -5.00. The summed E-state index contributed by atoms with van der Waals surface area (Å²) in [6.45, 7) is 3.60. The van der Waals surface area contributed by atoms with Crippen LogP contribution < -0.4 is 5.32 Å². The number of anilines is 1. The highest BCUT2D eigenvalue weighted by molar-refractivity contribution is 7.53. The molecule has 3 aromatic rings. The van der Waals surface area contributed by atoms with Gasteiger partial charge in [0.2, 0.25) is 5.28 Å². The van der Waals surface area contributed by atoms with Gasteiger partial charge in [-0.3, -0.25) is 4.57 Å². The molecule has 5 atom stereocenters. The molecule has 210 valence electrons. The maximum absolute atomic E-state index is 12.5. The van der Waals surface area contributed by atoms with E-state index in [1.807, 2.05) is 13.8 Å². The van der Waals surface area contributed by atoms with Gasteiger partial charge in [0.25, 0.3) is 0 Å². The van der Waals surface area contributed by atoms with Gasteiger partial charge in [0.05, 0.1) is 31.2 Å². The SMILES string of the molecule is COC[C@](Cc1nn[nH]n1)(OC[C@H]1O[C@@H](n2ncc3c(NCC(C)C)nc(Cl)nc32)[C@H](O)[C@@H]1O)P(=O)(O)O. The number of hydrogen-bond donors (Lipinski definition) is 6. The van der Waals surface area contributed by atoms with Gasteiger partial charge in [-0.1, -0.05) is 19.1 Å². The molecular weight excluding hydrogens is 549 g/mol. The Labute approximate surface area is 221 Å². The quantitative estimate of drug-likeness (QED) is 0.117. The third kappa shape index (κ3) is 5.80. The van der Waals surface area contributed by atoms with Crippen molar-refractivity contribution in [2.24, 2.45) is 5.92 Å². The van der Waals surface area contributed by atoms with Crippen LogP contribution in [0, 0.1) is 5.92 Å². The molecule has 0 amide bonds. The van der Waals surface area contributed by atoms with Crippen LogP contribution in [0.5, 0.6) is 0 Å². The van der Waals surface area contributed by atoms with Gasteiger partial charge in [0.15, 0.2) is 23.0 Å². The van der Waals surface area contributed by atoms with Crippen LogP contribution in [0.3, 0.4) is 0 Å². The Morgan fingerprint density at radius 3 is 2.71 bits per heavy atom. The first-order valence-corrected chi connectivity index (χ1v) is 13.5. The summed E-state index contributed by atoms with van der Waals surface area (Å²) < 4.78 is 30.3. The summed E-state index contributed by atoms with van der Waals surface area (Å²) in [6, 6.07) is 0. The standard InChI is InChI=1S/C19H29ClN9O8P/c1-9(2)5-21-15-10-6-22-29(16(10)24-18(20)23-15)17-14(31)13(30)11(37-17)7-36-19(8-35-3,38(32,33)34)4-12-25-27-28-26-12/h6,9,11,13-14,17,30-31H,4-5,7-8H2,1-3H3,(H,21,23,24)(H2,32,33,34)(H,25,26,27,28)/t11-,13-,14-,17-,19-/m1/s1. The Kier molecular flexibility index (Phi) is 8.61. The summed E-state index contributed by atoms with van der Waals surface area (Å²) in [4.78, 5) is 28.7. The van der Waals surface area contributed by atoms with Gasteiger partial charge in [-0.2, -0.15) is 20.3 Å². The van der Waals surface area contributed by atoms with Gasteiger partial charge in [-0.25, -0.2) is 4.68 Å². The molecule has 4 heterocycles. The first-order chi connectivity index (χ1) is 18.0. The van der Waals surface area contributed by atoms with Crippen molar-refractivity contribution in [3.8, 4) is 0 Å². The van der Waals surface area contributed by atoms with Crippen LogP contribution in [0.15, 0.2) is 6.20 Å². The largest absolute Gasteiger partial charge is 0.387 e. The van der Waals surface area contributed by atoms with Crippen molar-refractivity contribution in [3.63, 3.8) is 0 Å². The maximum Gasteiger partial charge on any atom is 0.359 e. The highest BCUT2D eigenvalue weighted by Crippen LogP contribution is 2.53. The Hall–Kier alpha value is -2.34. The maximum atomic E-state index is 12.5. The second-order valence-corrected chi connectivity index (χ2v) is 11.5. The van der Waals surface area contributed by atoms with E-state index in [-0.39, 0.29) is 16.8 Å². The number of tetrazole rings is 1. The molecule has 0 aliphatic carbocycles. The molecule has 0 saturated carbocycles. The van der Waals surface area contributed by atoms with Crippen molar-refractivity contribution in [3.05, 3.63) is 17.3 Å². The van der Waals surface area contributed by atoms with Gasteiger partial charge in [-0.15, -0.1) is 10.2 Å². The van der Waals surface area contributed by atoms with Gasteiger partial charge in [-0.05, 0) is 17.5 Å². The third-order valence-corrected chi connectivity index (χ3v) is 7.57. The molecule has 1 aliphatic heterocycles. The molecule has 0 aromatic carbocycles. The molecular formula is C19H29ClN9O8P. The van der Waals surface area contributed by atoms with E-state index in [0.717, 1.165) is 0 Å². The van der Waals surface area contributed by atoms with Gasteiger partial charge >= 0.3 is 7.60 Å². The Morgan fingerprint density at radius 2 is 2.08 bits per heavy atom. The summed E-state index contributed by atoms with van der Waals surface area (Å²) in [5.41, 5.74) is 0.245. The lowest BCUT2D eigenvalue weighted by Crippen LogP contribution is -2.44. The van der Waals surface area contributed by atoms with E-state index in [9.17, 15) is 24.6 Å². The number of aromatic amines is 1. The molecule has 1 aliphatic rings. The number of nitrogens with one attached hydrogen (secondary N) is 2. The molecule has 6 N–H and O–H groups in total. The normalized spacial score (nSPS) is 23.8. The fraction of sp³-hybridized carbons (Fsp3) is 0.684. The summed E-state index contributed by atoms with van der Waals surface area (Å²) >= 11 is 6.12. The van der Waals surface area contributed by atoms with Crippen LogP contribution in [0.1, 0.15) is 25.9 Å². The number of fused-ring (bicyclic) bond motifs is 1. The lowest BCUT2D eigenvalue weighted by atomic mass is 10.1. The zero-order valence-corrected chi connectivity index (χ0v) is 22.3. The van der Waals surface area contributed by atoms with E-state index in [0.29, 0.717) is 23.7 Å². The number of aromatic nitrogens is 8. The molecule has 0 radical (unpaired) electrons. The molecule has 1 fully saturated rings. The highest BCUT2D eigenvalue weighted by atomic mass is 35.5. The number of H-pyrrole nitrogens is 1. The lowest BCUT2D eigenvalue weighted by Gasteiger charge is -2.33. The van der Waals surface area contributed by atoms with Crippen LogP contribution in [0.2, 0.25) is 5.28 Å². The van der Waals surface area contributed by atoms with E-state index in [1.165, 1.54) is 18.0 Å². The number of nitrogens with zero attached hydrogens (tertiary/aromatic N) is 7. The number of aliphatic hydroxyl groups is 2. The van der Waals surface area contributed by atoms with Crippen LogP contribution in [0.4, 0.5) is 5.82 Å². The third-order valence-electron chi connectivity index (χ3n) is 5.92. The number of aliphatic hydroxyl groups excluding tert-OH is 2. The van der Waals surface area contributed by atoms with E-state index < -0.39 is 57.1 Å². The Morgan fingerprint density at radius 1 is 1.32 bits per heavy atom. The van der Waals surface area contributed by atoms with Crippen molar-refractivity contribution in [1.29, 1.82) is 0 Å². The van der Waals surface area contributed by atoms with E-state index in [1.54, 1.807) is 0 Å². The molecule has 4 rings (SSSR count). The second kappa shape index (κ2) is 11.4. The van der Waals surface area contributed by atoms with E-state index in [4.69, 9.17) is 25.8 Å². The number of hydrogen-bond acceptors (Lipinski definition) is 13. The van der Waals surface area contributed by atoms with Crippen molar-refractivity contribution < 1.29 is 38.8 Å². The molecule has 1 saturated heterocycles. The second-order valence-electron chi connectivity index (χ2n) is 9.23.